The Kier molecular flexibility index (Phi) is 2.84. The van der Waals surface area contributed by atoms with Crippen molar-refractivity contribution in [3.63, 3.8) is 0 Å². The van der Waals surface area contributed by atoms with Crippen LogP contribution in [0.25, 0.3) is 11.3 Å². The minimum absolute atomic E-state index is 0.126. The summed E-state index contributed by atoms with van der Waals surface area (Å²) in [4.78, 5) is 0.126. The second-order valence-electron chi connectivity index (χ2n) is 3.56. The van der Waals surface area contributed by atoms with Gasteiger partial charge in [-0.15, -0.1) is 0 Å². The lowest BCUT2D eigenvalue weighted by Gasteiger charge is -2.02. The van der Waals surface area contributed by atoms with Crippen molar-refractivity contribution in [1.29, 1.82) is 0 Å². The van der Waals surface area contributed by atoms with Crippen molar-refractivity contribution >= 4 is 27.3 Å². The average Bonchev–Trinajstić information content (AvgIpc) is 2.62. The molecule has 0 bridgehead atoms. The molecule has 2 rings (SSSR count). The number of benzene rings is 1. The van der Waals surface area contributed by atoms with Gasteiger partial charge in [0, 0.05) is 22.9 Å². The van der Waals surface area contributed by atoms with Gasteiger partial charge in [0.25, 0.3) is 0 Å². The summed E-state index contributed by atoms with van der Waals surface area (Å²) in [6, 6.07) is 5.94. The molecular formula is C10H9ClN2O3S. The van der Waals surface area contributed by atoms with Crippen LogP contribution in [-0.4, -0.2) is 19.8 Å². The van der Waals surface area contributed by atoms with Gasteiger partial charge < -0.3 is 10.3 Å². The van der Waals surface area contributed by atoms with Gasteiger partial charge in [0.2, 0.25) is 5.88 Å². The number of rotatable bonds is 2. The molecule has 0 unspecified atom stereocenters. The van der Waals surface area contributed by atoms with Gasteiger partial charge in [-0.3, -0.25) is 0 Å². The van der Waals surface area contributed by atoms with E-state index in [1.807, 2.05) is 0 Å². The molecule has 0 saturated heterocycles. The Labute approximate surface area is 103 Å². The van der Waals surface area contributed by atoms with Crippen LogP contribution in [0.3, 0.4) is 0 Å². The first kappa shape index (κ1) is 11.9. The van der Waals surface area contributed by atoms with E-state index >= 15 is 0 Å². The molecule has 2 N–H and O–H groups in total. The zero-order valence-electron chi connectivity index (χ0n) is 8.84. The van der Waals surface area contributed by atoms with E-state index in [-0.39, 0.29) is 10.8 Å². The smallest absolute Gasteiger partial charge is 0.222 e. The predicted octanol–water partition coefficient (Wildman–Crippen LogP) is 1.98. The van der Waals surface area contributed by atoms with Crippen LogP contribution in [0.4, 0.5) is 5.88 Å². The van der Waals surface area contributed by atoms with Crippen molar-refractivity contribution in [1.82, 2.24) is 5.16 Å². The molecule has 1 heterocycles. The highest BCUT2D eigenvalue weighted by molar-refractivity contribution is 7.90. The van der Waals surface area contributed by atoms with Gasteiger partial charge in [-0.1, -0.05) is 16.8 Å². The van der Waals surface area contributed by atoms with E-state index in [0.29, 0.717) is 16.3 Å². The molecule has 0 atom stereocenters. The highest BCUT2D eigenvalue weighted by Crippen LogP contribution is 2.27. The summed E-state index contributed by atoms with van der Waals surface area (Å²) >= 11 is 5.86. The van der Waals surface area contributed by atoms with Crippen molar-refractivity contribution in [2.24, 2.45) is 0 Å². The highest BCUT2D eigenvalue weighted by Gasteiger charge is 2.12. The zero-order valence-corrected chi connectivity index (χ0v) is 10.4. The molecule has 1 aromatic heterocycles. The molecular weight excluding hydrogens is 264 g/mol. The first-order valence-electron chi connectivity index (χ1n) is 4.59. The van der Waals surface area contributed by atoms with Crippen LogP contribution in [0.15, 0.2) is 33.7 Å². The van der Waals surface area contributed by atoms with E-state index in [4.69, 9.17) is 21.9 Å². The average molecular weight is 273 g/mol. The molecule has 0 aliphatic rings. The van der Waals surface area contributed by atoms with Crippen LogP contribution in [-0.2, 0) is 9.84 Å². The predicted molar refractivity (Wildman–Crippen MR) is 64.5 cm³/mol. The van der Waals surface area contributed by atoms with Crippen molar-refractivity contribution < 1.29 is 12.9 Å². The van der Waals surface area contributed by atoms with Crippen LogP contribution >= 0.6 is 11.6 Å². The fraction of sp³-hybridized carbons (Fsp3) is 0.100. The van der Waals surface area contributed by atoms with Gasteiger partial charge >= 0.3 is 0 Å². The Balaban J connectivity index is 2.60. The Hall–Kier alpha value is -1.53. The molecule has 0 aliphatic heterocycles. The van der Waals surface area contributed by atoms with Crippen molar-refractivity contribution in [2.45, 2.75) is 4.90 Å². The SMILES string of the molecule is CS(=O)(=O)c1cc(Cl)cc(-c2cc(N)on2)c1. The van der Waals surface area contributed by atoms with E-state index < -0.39 is 9.84 Å². The number of hydrogen-bond donors (Lipinski definition) is 1. The number of aromatic nitrogens is 1. The lowest BCUT2D eigenvalue weighted by Crippen LogP contribution is -1.97. The molecule has 7 heteroatoms. The minimum atomic E-state index is -3.32. The van der Waals surface area contributed by atoms with E-state index in [2.05, 4.69) is 5.16 Å². The summed E-state index contributed by atoms with van der Waals surface area (Å²) in [5, 5.41) is 4.01. The molecule has 0 fully saturated rings. The first-order valence-corrected chi connectivity index (χ1v) is 6.86. The van der Waals surface area contributed by atoms with Crippen molar-refractivity contribution in [3.05, 3.63) is 29.3 Å². The largest absolute Gasteiger partial charge is 0.368 e. The number of nitrogens with two attached hydrogens (primary N) is 1. The third-order valence-electron chi connectivity index (χ3n) is 2.12. The van der Waals surface area contributed by atoms with Gasteiger partial charge in [0.15, 0.2) is 9.84 Å². The van der Waals surface area contributed by atoms with Gasteiger partial charge in [0.1, 0.15) is 5.69 Å². The maximum absolute atomic E-state index is 11.4. The minimum Gasteiger partial charge on any atom is -0.368 e. The summed E-state index contributed by atoms with van der Waals surface area (Å²) in [6.45, 7) is 0. The summed E-state index contributed by atoms with van der Waals surface area (Å²) in [7, 11) is -3.32. The van der Waals surface area contributed by atoms with E-state index in [0.717, 1.165) is 6.26 Å². The topological polar surface area (TPSA) is 86.2 Å². The van der Waals surface area contributed by atoms with Crippen molar-refractivity contribution in [3.8, 4) is 11.3 Å². The lowest BCUT2D eigenvalue weighted by molar-refractivity contribution is 0.439. The summed E-state index contributed by atoms with van der Waals surface area (Å²) in [5.41, 5.74) is 6.38. The Bertz CT molecular complexity index is 664. The molecule has 5 nitrogen and oxygen atoms in total. The van der Waals surface area contributed by atoms with Crippen LogP contribution in [0.1, 0.15) is 0 Å². The van der Waals surface area contributed by atoms with E-state index in [9.17, 15) is 8.42 Å². The standard InChI is InChI=1S/C10H9ClN2O3S/c1-17(14,15)8-3-6(2-7(11)4-8)9-5-10(12)16-13-9/h2-5H,12H2,1H3. The third-order valence-corrected chi connectivity index (χ3v) is 3.43. The lowest BCUT2D eigenvalue weighted by atomic mass is 10.1. The molecule has 0 amide bonds. The molecule has 1 aromatic carbocycles. The number of anilines is 1. The maximum atomic E-state index is 11.4. The Morgan fingerprint density at radius 1 is 1.29 bits per heavy atom. The number of sulfone groups is 1. The van der Waals surface area contributed by atoms with Crippen LogP contribution < -0.4 is 5.73 Å². The zero-order chi connectivity index (χ0) is 12.6. The van der Waals surface area contributed by atoms with Gasteiger partial charge in [0.05, 0.1) is 4.90 Å². The summed E-state index contributed by atoms with van der Waals surface area (Å²) < 4.78 is 27.6. The molecule has 0 aliphatic carbocycles. The fourth-order valence-corrected chi connectivity index (χ4v) is 2.33. The van der Waals surface area contributed by atoms with Crippen LogP contribution in [0.2, 0.25) is 5.02 Å². The molecule has 0 radical (unpaired) electrons. The van der Waals surface area contributed by atoms with Gasteiger partial charge in [-0.2, -0.15) is 0 Å². The number of nitrogen functional groups attached to an aromatic ring is 1. The monoisotopic (exact) mass is 272 g/mol. The molecule has 0 saturated carbocycles. The second-order valence-corrected chi connectivity index (χ2v) is 6.01. The number of hydrogen-bond acceptors (Lipinski definition) is 5. The van der Waals surface area contributed by atoms with Gasteiger partial charge in [-0.05, 0) is 18.2 Å². The fourth-order valence-electron chi connectivity index (χ4n) is 1.35. The first-order chi connectivity index (χ1) is 7.86. The second kappa shape index (κ2) is 4.05. The van der Waals surface area contributed by atoms with Crippen LogP contribution in [0, 0.1) is 0 Å². The molecule has 0 spiro atoms. The third kappa shape index (κ3) is 2.59. The van der Waals surface area contributed by atoms with E-state index in [1.165, 1.54) is 18.2 Å². The summed E-state index contributed by atoms with van der Waals surface area (Å²) in [5.74, 6) is 0.154. The van der Waals surface area contributed by atoms with E-state index in [1.54, 1.807) is 6.07 Å². The molecule has 2 aromatic rings. The highest BCUT2D eigenvalue weighted by atomic mass is 35.5. The summed E-state index contributed by atoms with van der Waals surface area (Å²) in [6.07, 6.45) is 1.11. The normalized spacial score (nSPS) is 11.6. The molecule has 17 heavy (non-hydrogen) atoms. The van der Waals surface area contributed by atoms with Crippen molar-refractivity contribution in [2.75, 3.05) is 12.0 Å². The molecule has 90 valence electrons. The maximum Gasteiger partial charge on any atom is 0.222 e. The Morgan fingerprint density at radius 2 is 2.00 bits per heavy atom. The van der Waals surface area contributed by atoms with Gasteiger partial charge in [-0.25, -0.2) is 8.42 Å². The Morgan fingerprint density at radius 3 is 2.53 bits per heavy atom. The quantitative estimate of drug-likeness (QED) is 0.903. The van der Waals surface area contributed by atoms with Crippen LogP contribution in [0.5, 0.6) is 0 Å². The number of nitrogens with zero attached hydrogens (tertiary/aromatic N) is 1. The number of halogens is 1.